The monoisotopic (exact) mass is 362 g/mol. The second kappa shape index (κ2) is 7.53. The van der Waals surface area contributed by atoms with Gasteiger partial charge in [-0.25, -0.2) is 8.78 Å². The van der Waals surface area contributed by atoms with E-state index >= 15 is 0 Å². The van der Waals surface area contributed by atoms with Crippen molar-refractivity contribution < 1.29 is 13.6 Å². The molecule has 2 aromatic rings. The molecule has 1 fully saturated rings. The first-order valence-electron chi connectivity index (χ1n) is 8.79. The average Bonchev–Trinajstić information content (AvgIpc) is 2.96. The molecule has 1 aliphatic heterocycles. The topological polar surface area (TPSA) is 41.4 Å². The lowest BCUT2D eigenvalue weighted by molar-refractivity contribution is 0.0629. The van der Waals surface area contributed by atoms with Gasteiger partial charge < -0.3 is 4.90 Å². The summed E-state index contributed by atoms with van der Waals surface area (Å²) in [7, 11) is 3.62. The van der Waals surface area contributed by atoms with Crippen LogP contribution in [0.2, 0.25) is 0 Å². The zero-order chi connectivity index (χ0) is 18.8. The lowest BCUT2D eigenvalue weighted by Gasteiger charge is -2.36. The summed E-state index contributed by atoms with van der Waals surface area (Å²) in [5.74, 6) is -0.887. The standard InChI is InChI=1S/C19H24F2N4O/c1-13-10-18(22-24(13)3)19(26)23(2)16-6-8-25(9-7-16)12-14-11-15(20)4-5-17(14)21/h4-5,10-11,16H,6-9,12H2,1-3H3. The number of benzene rings is 1. The fraction of sp³-hybridized carbons (Fsp3) is 0.474. The number of halogens is 2. The van der Waals surface area contributed by atoms with Crippen molar-refractivity contribution in [2.75, 3.05) is 20.1 Å². The van der Waals surface area contributed by atoms with Crippen LogP contribution in [0.1, 0.15) is 34.6 Å². The molecule has 1 saturated heterocycles. The molecule has 0 aliphatic carbocycles. The van der Waals surface area contributed by atoms with E-state index in [1.165, 1.54) is 12.1 Å². The Morgan fingerprint density at radius 3 is 2.58 bits per heavy atom. The largest absolute Gasteiger partial charge is 0.337 e. The predicted molar refractivity (Wildman–Crippen MR) is 94.7 cm³/mol. The molecule has 0 saturated carbocycles. The lowest BCUT2D eigenvalue weighted by Crippen LogP contribution is -2.45. The summed E-state index contributed by atoms with van der Waals surface area (Å²) in [4.78, 5) is 16.5. The minimum absolute atomic E-state index is 0.0803. The molecule has 7 heteroatoms. The number of carbonyl (C=O) groups excluding carboxylic acids is 1. The number of aryl methyl sites for hydroxylation is 2. The minimum atomic E-state index is -0.424. The Balaban J connectivity index is 1.57. The SMILES string of the molecule is Cc1cc(C(=O)N(C)C2CCN(Cc3cc(F)ccc3F)CC2)nn1C. The van der Waals surface area contributed by atoms with Crippen LogP contribution in [0, 0.1) is 18.6 Å². The van der Waals surface area contributed by atoms with Gasteiger partial charge in [-0.2, -0.15) is 5.10 Å². The fourth-order valence-corrected chi connectivity index (χ4v) is 3.38. The molecule has 1 amide bonds. The number of likely N-dealkylation sites (tertiary alicyclic amines) is 1. The second-order valence-corrected chi connectivity index (χ2v) is 6.95. The molecule has 1 aliphatic rings. The molecule has 0 spiro atoms. The van der Waals surface area contributed by atoms with E-state index in [0.717, 1.165) is 37.7 Å². The first-order chi connectivity index (χ1) is 12.3. The van der Waals surface area contributed by atoms with Crippen molar-refractivity contribution in [3.05, 3.63) is 52.9 Å². The Bertz CT molecular complexity index is 777. The predicted octanol–water partition coefficient (Wildman–Crippen LogP) is 2.74. The van der Waals surface area contributed by atoms with Gasteiger partial charge in [-0.1, -0.05) is 0 Å². The van der Waals surface area contributed by atoms with Gasteiger partial charge in [0.15, 0.2) is 5.69 Å². The molecule has 3 rings (SSSR count). The number of amides is 1. The molecule has 0 atom stereocenters. The van der Waals surface area contributed by atoms with E-state index in [4.69, 9.17) is 0 Å². The molecular formula is C19H24F2N4O. The minimum Gasteiger partial charge on any atom is -0.337 e. The number of nitrogens with zero attached hydrogens (tertiary/aromatic N) is 4. The van der Waals surface area contributed by atoms with Gasteiger partial charge >= 0.3 is 0 Å². The number of aromatic nitrogens is 2. The summed E-state index contributed by atoms with van der Waals surface area (Å²) in [5, 5.41) is 4.25. The van der Waals surface area contributed by atoms with Gasteiger partial charge in [-0.3, -0.25) is 14.4 Å². The molecule has 0 radical (unpaired) electrons. The Morgan fingerprint density at radius 2 is 1.96 bits per heavy atom. The summed E-state index contributed by atoms with van der Waals surface area (Å²) in [6, 6.07) is 5.46. The highest BCUT2D eigenvalue weighted by atomic mass is 19.1. The van der Waals surface area contributed by atoms with E-state index in [9.17, 15) is 13.6 Å². The van der Waals surface area contributed by atoms with Crippen LogP contribution < -0.4 is 0 Å². The van der Waals surface area contributed by atoms with E-state index in [0.29, 0.717) is 17.8 Å². The summed E-state index contributed by atoms with van der Waals surface area (Å²) < 4.78 is 28.8. The summed E-state index contributed by atoms with van der Waals surface area (Å²) >= 11 is 0. The smallest absolute Gasteiger partial charge is 0.274 e. The van der Waals surface area contributed by atoms with Gasteiger partial charge in [0.1, 0.15) is 11.6 Å². The van der Waals surface area contributed by atoms with Crippen LogP contribution in [0.3, 0.4) is 0 Å². The Hall–Kier alpha value is -2.28. The number of piperidine rings is 1. The Kier molecular flexibility index (Phi) is 5.36. The molecular weight excluding hydrogens is 338 g/mol. The maximum atomic E-state index is 13.8. The van der Waals surface area contributed by atoms with Crippen molar-refractivity contribution in [3.8, 4) is 0 Å². The summed E-state index contributed by atoms with van der Waals surface area (Å²) in [5.41, 5.74) is 1.77. The summed E-state index contributed by atoms with van der Waals surface area (Å²) in [6.07, 6.45) is 1.59. The fourth-order valence-electron chi connectivity index (χ4n) is 3.38. The highest BCUT2D eigenvalue weighted by molar-refractivity contribution is 5.92. The van der Waals surface area contributed by atoms with Crippen molar-refractivity contribution in [1.82, 2.24) is 19.6 Å². The van der Waals surface area contributed by atoms with E-state index in [1.54, 1.807) is 22.7 Å². The van der Waals surface area contributed by atoms with Crippen molar-refractivity contribution in [1.29, 1.82) is 0 Å². The molecule has 26 heavy (non-hydrogen) atoms. The van der Waals surface area contributed by atoms with Gasteiger partial charge in [0.2, 0.25) is 0 Å². The van der Waals surface area contributed by atoms with Crippen LogP contribution in [-0.4, -0.2) is 51.7 Å². The van der Waals surface area contributed by atoms with E-state index in [2.05, 4.69) is 10.00 Å². The van der Waals surface area contributed by atoms with Crippen molar-refractivity contribution in [2.24, 2.45) is 7.05 Å². The van der Waals surface area contributed by atoms with E-state index in [-0.39, 0.29) is 17.8 Å². The van der Waals surface area contributed by atoms with Crippen LogP contribution in [-0.2, 0) is 13.6 Å². The van der Waals surface area contributed by atoms with Crippen molar-refractivity contribution in [2.45, 2.75) is 32.4 Å². The first-order valence-corrected chi connectivity index (χ1v) is 8.79. The quantitative estimate of drug-likeness (QED) is 0.840. The van der Waals surface area contributed by atoms with Crippen LogP contribution in [0.15, 0.2) is 24.3 Å². The number of carbonyl (C=O) groups is 1. The third-order valence-electron chi connectivity index (χ3n) is 5.16. The van der Waals surface area contributed by atoms with Gasteiger partial charge in [0.25, 0.3) is 5.91 Å². The van der Waals surface area contributed by atoms with Gasteiger partial charge in [0, 0.05) is 51.0 Å². The Morgan fingerprint density at radius 1 is 1.27 bits per heavy atom. The molecule has 0 N–H and O–H groups in total. The van der Waals surface area contributed by atoms with Crippen LogP contribution >= 0.6 is 0 Å². The zero-order valence-corrected chi connectivity index (χ0v) is 15.4. The number of rotatable bonds is 4. The second-order valence-electron chi connectivity index (χ2n) is 6.95. The number of hydrogen-bond donors (Lipinski definition) is 0. The molecule has 5 nitrogen and oxygen atoms in total. The van der Waals surface area contributed by atoms with Gasteiger partial charge in [-0.15, -0.1) is 0 Å². The lowest BCUT2D eigenvalue weighted by atomic mass is 10.0. The Labute approximate surface area is 152 Å². The molecule has 0 unspecified atom stereocenters. The number of hydrogen-bond acceptors (Lipinski definition) is 3. The third-order valence-corrected chi connectivity index (χ3v) is 5.16. The highest BCUT2D eigenvalue weighted by Crippen LogP contribution is 2.20. The van der Waals surface area contributed by atoms with Crippen molar-refractivity contribution in [3.63, 3.8) is 0 Å². The molecule has 1 aromatic carbocycles. The molecule has 140 valence electrons. The van der Waals surface area contributed by atoms with E-state index < -0.39 is 5.82 Å². The maximum Gasteiger partial charge on any atom is 0.274 e. The van der Waals surface area contributed by atoms with Gasteiger partial charge in [0.05, 0.1) is 0 Å². The normalized spacial score (nSPS) is 16.0. The zero-order valence-electron chi connectivity index (χ0n) is 15.4. The van der Waals surface area contributed by atoms with Crippen LogP contribution in [0.25, 0.3) is 0 Å². The molecule has 0 bridgehead atoms. The first kappa shape index (κ1) is 18.5. The van der Waals surface area contributed by atoms with Crippen LogP contribution in [0.5, 0.6) is 0 Å². The highest BCUT2D eigenvalue weighted by Gasteiger charge is 2.27. The van der Waals surface area contributed by atoms with Gasteiger partial charge in [-0.05, 0) is 44.0 Å². The van der Waals surface area contributed by atoms with Crippen molar-refractivity contribution >= 4 is 5.91 Å². The van der Waals surface area contributed by atoms with E-state index in [1.807, 2.05) is 14.0 Å². The van der Waals surface area contributed by atoms with Crippen LogP contribution in [0.4, 0.5) is 8.78 Å². The average molecular weight is 362 g/mol. The molecule has 2 heterocycles. The maximum absolute atomic E-state index is 13.8. The summed E-state index contributed by atoms with van der Waals surface area (Å²) in [6.45, 7) is 3.76. The molecule has 1 aromatic heterocycles. The third kappa shape index (κ3) is 3.93.